The van der Waals surface area contributed by atoms with Gasteiger partial charge in [0, 0.05) is 37.8 Å². The topological polar surface area (TPSA) is 54.4 Å². The van der Waals surface area contributed by atoms with Gasteiger partial charge in [-0.2, -0.15) is 0 Å². The molecule has 0 N–H and O–H groups in total. The molecule has 3 atom stereocenters. The fraction of sp³-hybridized carbons (Fsp3) is 0.692. The first-order valence-corrected chi connectivity index (χ1v) is 12.7. The molecule has 174 valence electrons. The van der Waals surface area contributed by atoms with E-state index in [4.69, 9.17) is 9.57 Å². The fourth-order valence-corrected chi connectivity index (χ4v) is 6.26. The lowest BCUT2D eigenvalue weighted by atomic mass is 9.80. The summed E-state index contributed by atoms with van der Waals surface area (Å²) in [6.45, 7) is 4.63. The number of oxime groups is 1. The van der Waals surface area contributed by atoms with Crippen molar-refractivity contribution >= 4 is 17.5 Å². The molecular formula is C26H37N3O3. The number of benzene rings is 1. The third-order valence-corrected chi connectivity index (χ3v) is 7.92. The average Bonchev–Trinajstić information content (AvgIpc) is 3.16. The van der Waals surface area contributed by atoms with E-state index >= 15 is 0 Å². The van der Waals surface area contributed by atoms with Crippen molar-refractivity contribution in [2.24, 2.45) is 17.0 Å². The van der Waals surface area contributed by atoms with E-state index in [1.807, 2.05) is 4.90 Å². The number of para-hydroxylation sites is 1. The van der Waals surface area contributed by atoms with Crippen LogP contribution >= 0.6 is 0 Å². The number of hydrogen-bond acceptors (Lipinski definition) is 5. The van der Waals surface area contributed by atoms with Crippen molar-refractivity contribution in [1.29, 1.82) is 0 Å². The van der Waals surface area contributed by atoms with Crippen molar-refractivity contribution in [2.75, 3.05) is 37.7 Å². The lowest BCUT2D eigenvalue weighted by Crippen LogP contribution is -2.46. The van der Waals surface area contributed by atoms with Gasteiger partial charge < -0.3 is 19.4 Å². The Morgan fingerprint density at radius 2 is 2.03 bits per heavy atom. The van der Waals surface area contributed by atoms with E-state index in [0.29, 0.717) is 18.9 Å². The molecule has 6 heteroatoms. The largest absolute Gasteiger partial charge is 0.479 e. The van der Waals surface area contributed by atoms with Crippen LogP contribution in [0.3, 0.4) is 0 Å². The number of carbonyl (C=O) groups excluding carboxylic acids is 1. The molecule has 1 aromatic carbocycles. The van der Waals surface area contributed by atoms with E-state index in [-0.39, 0.29) is 0 Å². The minimum atomic E-state index is 0.290. The number of rotatable bonds is 8. The van der Waals surface area contributed by atoms with Crippen molar-refractivity contribution in [3.63, 3.8) is 0 Å². The lowest BCUT2D eigenvalue weighted by Gasteiger charge is -2.42. The van der Waals surface area contributed by atoms with Crippen molar-refractivity contribution in [1.82, 2.24) is 4.90 Å². The predicted octanol–water partition coefficient (Wildman–Crippen LogP) is 4.38. The molecule has 3 fully saturated rings. The standard InChI is InChI=1S/C26H37N3O3/c30-26-12-11-20-6-1-2-10-24(20)29(26)15-5-14-28-19-22-7-3-9-23(28)18-21(22)8-4-16-31-25-13-17-32-27-25/h1-2,6,10,21-23H,3-5,7-9,11-19H2. The van der Waals surface area contributed by atoms with Crippen LogP contribution in [-0.2, 0) is 20.8 Å². The molecule has 3 unspecified atom stereocenters. The zero-order valence-corrected chi connectivity index (χ0v) is 19.2. The second kappa shape index (κ2) is 10.2. The van der Waals surface area contributed by atoms with E-state index in [1.165, 1.54) is 44.2 Å². The van der Waals surface area contributed by atoms with Crippen LogP contribution in [0.1, 0.15) is 63.4 Å². The molecule has 0 spiro atoms. The third kappa shape index (κ3) is 4.95. The molecule has 1 saturated carbocycles. The van der Waals surface area contributed by atoms with Crippen molar-refractivity contribution in [2.45, 2.75) is 70.3 Å². The fourth-order valence-electron chi connectivity index (χ4n) is 6.26. The monoisotopic (exact) mass is 439 g/mol. The molecule has 0 aromatic heterocycles. The summed E-state index contributed by atoms with van der Waals surface area (Å²) >= 11 is 0. The Kier molecular flexibility index (Phi) is 6.96. The van der Waals surface area contributed by atoms with E-state index in [9.17, 15) is 4.79 Å². The highest BCUT2D eigenvalue weighted by molar-refractivity contribution is 5.96. The second-order valence-electron chi connectivity index (χ2n) is 9.92. The van der Waals surface area contributed by atoms with Gasteiger partial charge in [0.05, 0.1) is 13.0 Å². The number of carbonyl (C=O) groups is 1. The summed E-state index contributed by atoms with van der Waals surface area (Å²) in [6.07, 6.45) is 11.2. The minimum Gasteiger partial charge on any atom is -0.479 e. The number of fused-ring (bicyclic) bond motifs is 5. The normalized spacial score (nSPS) is 27.6. The highest BCUT2D eigenvalue weighted by Gasteiger charge is 2.37. The Morgan fingerprint density at radius 3 is 2.94 bits per heavy atom. The first kappa shape index (κ1) is 21.7. The Hall–Kier alpha value is -2.08. The summed E-state index contributed by atoms with van der Waals surface area (Å²) in [4.78, 5) is 22.3. The predicted molar refractivity (Wildman–Crippen MR) is 126 cm³/mol. The summed E-state index contributed by atoms with van der Waals surface area (Å²) in [5.41, 5.74) is 2.46. The zero-order chi connectivity index (χ0) is 21.8. The van der Waals surface area contributed by atoms with Crippen LogP contribution in [0.2, 0.25) is 0 Å². The van der Waals surface area contributed by atoms with Crippen LogP contribution in [0.5, 0.6) is 0 Å². The second-order valence-corrected chi connectivity index (χ2v) is 9.92. The number of amides is 1. The summed E-state index contributed by atoms with van der Waals surface area (Å²) in [6, 6.07) is 9.14. The Labute approximate surface area is 191 Å². The van der Waals surface area contributed by atoms with Crippen LogP contribution in [0.25, 0.3) is 0 Å². The number of ether oxygens (including phenoxy) is 1. The van der Waals surface area contributed by atoms with E-state index in [2.05, 4.69) is 34.3 Å². The summed E-state index contributed by atoms with van der Waals surface area (Å²) in [7, 11) is 0. The third-order valence-electron chi connectivity index (χ3n) is 7.92. The van der Waals surface area contributed by atoms with Gasteiger partial charge in [-0.25, -0.2) is 0 Å². The van der Waals surface area contributed by atoms with Crippen LogP contribution in [-0.4, -0.2) is 55.6 Å². The number of hydrogen-bond donors (Lipinski definition) is 0. The number of aryl methyl sites for hydroxylation is 1. The zero-order valence-electron chi connectivity index (χ0n) is 19.2. The maximum absolute atomic E-state index is 12.6. The summed E-state index contributed by atoms with van der Waals surface area (Å²) in [5, 5.41) is 3.93. The molecule has 2 saturated heterocycles. The Morgan fingerprint density at radius 1 is 1.09 bits per heavy atom. The van der Waals surface area contributed by atoms with Gasteiger partial charge in [-0.3, -0.25) is 4.79 Å². The number of piperidine rings is 1. The summed E-state index contributed by atoms with van der Waals surface area (Å²) < 4.78 is 5.75. The molecular weight excluding hydrogens is 402 g/mol. The maximum atomic E-state index is 12.6. The molecule has 6 nitrogen and oxygen atoms in total. The molecule has 5 aliphatic rings. The highest BCUT2D eigenvalue weighted by atomic mass is 16.7. The molecule has 1 aromatic rings. The van der Waals surface area contributed by atoms with Gasteiger partial charge >= 0.3 is 0 Å². The van der Waals surface area contributed by atoms with Gasteiger partial charge in [-0.05, 0) is 68.4 Å². The van der Waals surface area contributed by atoms with Gasteiger partial charge in [0.1, 0.15) is 6.61 Å². The summed E-state index contributed by atoms with van der Waals surface area (Å²) in [5.74, 6) is 2.71. The number of nitrogens with zero attached hydrogens (tertiary/aromatic N) is 3. The van der Waals surface area contributed by atoms with Gasteiger partial charge in [0.2, 0.25) is 11.8 Å². The van der Waals surface area contributed by atoms with Crippen molar-refractivity contribution < 1.29 is 14.4 Å². The SMILES string of the molecule is O=C1CCc2ccccc2N1CCCN1CC2CCCC1CC2CCCOC1=NOCC1. The van der Waals surface area contributed by atoms with Gasteiger partial charge in [0.25, 0.3) is 0 Å². The average molecular weight is 440 g/mol. The van der Waals surface area contributed by atoms with Gasteiger partial charge in [-0.1, -0.05) is 29.8 Å². The van der Waals surface area contributed by atoms with Crippen molar-refractivity contribution in [3.05, 3.63) is 29.8 Å². The van der Waals surface area contributed by atoms with Gasteiger partial charge in [0.15, 0.2) is 0 Å². The molecule has 6 rings (SSSR count). The quantitative estimate of drug-likeness (QED) is 0.564. The van der Waals surface area contributed by atoms with E-state index < -0.39 is 0 Å². The number of anilines is 1. The van der Waals surface area contributed by atoms with E-state index in [1.54, 1.807) is 0 Å². The maximum Gasteiger partial charge on any atom is 0.229 e. The first-order valence-electron chi connectivity index (χ1n) is 12.7. The molecule has 2 bridgehead atoms. The molecule has 32 heavy (non-hydrogen) atoms. The smallest absolute Gasteiger partial charge is 0.229 e. The molecule has 4 aliphatic heterocycles. The van der Waals surface area contributed by atoms with Crippen molar-refractivity contribution in [3.8, 4) is 0 Å². The lowest BCUT2D eigenvalue weighted by molar-refractivity contribution is -0.118. The highest BCUT2D eigenvalue weighted by Crippen LogP contribution is 2.40. The molecule has 4 heterocycles. The molecule has 1 amide bonds. The van der Waals surface area contributed by atoms with E-state index in [0.717, 1.165) is 74.8 Å². The van der Waals surface area contributed by atoms with Gasteiger partial charge in [-0.15, -0.1) is 0 Å². The van der Waals surface area contributed by atoms with Crippen LogP contribution in [0, 0.1) is 11.8 Å². The van der Waals surface area contributed by atoms with Crippen LogP contribution < -0.4 is 4.90 Å². The Bertz CT molecular complexity index is 826. The first-order chi connectivity index (χ1) is 15.8. The van der Waals surface area contributed by atoms with Crippen LogP contribution in [0.4, 0.5) is 5.69 Å². The van der Waals surface area contributed by atoms with Crippen LogP contribution in [0.15, 0.2) is 29.4 Å². The minimum absolute atomic E-state index is 0.290. The molecule has 1 aliphatic carbocycles. The molecule has 0 radical (unpaired) electrons. The Balaban J connectivity index is 1.09.